The van der Waals surface area contributed by atoms with Crippen molar-refractivity contribution in [3.63, 3.8) is 0 Å². The molecule has 6 nitrogen and oxygen atoms in total. The summed E-state index contributed by atoms with van der Waals surface area (Å²) in [4.78, 5) is 28.6. The highest BCUT2D eigenvalue weighted by atomic mass is 16.5. The first-order valence-electron chi connectivity index (χ1n) is 7.18. The van der Waals surface area contributed by atoms with Gasteiger partial charge in [0.25, 0.3) is 5.56 Å². The van der Waals surface area contributed by atoms with Crippen molar-refractivity contribution < 1.29 is 13.9 Å². The maximum Gasteiger partial charge on any atom is 0.342 e. The third-order valence-electron chi connectivity index (χ3n) is 3.55. The van der Waals surface area contributed by atoms with Crippen LogP contribution in [0.5, 0.6) is 0 Å². The van der Waals surface area contributed by atoms with E-state index >= 15 is 0 Å². The largest absolute Gasteiger partial charge is 0.466 e. The van der Waals surface area contributed by atoms with Crippen LogP contribution in [0.15, 0.2) is 39.5 Å². The predicted molar refractivity (Wildman–Crippen MR) is 83.5 cm³/mol. The van der Waals surface area contributed by atoms with Crippen molar-refractivity contribution in [1.82, 2.24) is 9.38 Å². The van der Waals surface area contributed by atoms with Gasteiger partial charge in [-0.25, -0.2) is 9.78 Å². The lowest BCUT2D eigenvalue weighted by molar-refractivity contribution is 0.0465. The maximum atomic E-state index is 12.2. The number of hydrogen-bond donors (Lipinski definition) is 0. The molecule has 0 bridgehead atoms. The van der Waals surface area contributed by atoms with Gasteiger partial charge in [0, 0.05) is 11.8 Å². The van der Waals surface area contributed by atoms with Crippen LogP contribution in [0.2, 0.25) is 0 Å². The summed E-state index contributed by atoms with van der Waals surface area (Å²) >= 11 is 0. The van der Waals surface area contributed by atoms with Crippen molar-refractivity contribution in [1.29, 1.82) is 0 Å². The smallest absolute Gasteiger partial charge is 0.342 e. The zero-order valence-electron chi connectivity index (χ0n) is 13.1. The quantitative estimate of drug-likeness (QED) is 0.695. The summed E-state index contributed by atoms with van der Waals surface area (Å²) < 4.78 is 12.0. The number of pyridine rings is 1. The molecule has 3 rings (SSSR count). The van der Waals surface area contributed by atoms with Crippen LogP contribution in [0.3, 0.4) is 0 Å². The molecule has 3 heterocycles. The van der Waals surface area contributed by atoms with Crippen LogP contribution >= 0.6 is 0 Å². The van der Waals surface area contributed by atoms with Gasteiger partial charge in [0.2, 0.25) is 0 Å². The van der Waals surface area contributed by atoms with E-state index in [1.54, 1.807) is 26.0 Å². The molecule has 0 atom stereocenters. The second-order valence-corrected chi connectivity index (χ2v) is 5.35. The van der Waals surface area contributed by atoms with Crippen molar-refractivity contribution in [2.75, 3.05) is 0 Å². The van der Waals surface area contributed by atoms with Crippen molar-refractivity contribution in [2.45, 2.75) is 27.4 Å². The SMILES string of the molecule is Cc1cc(C(=O)OCc2cc(=O)n3c(C)cccc3n2)c(C)o1. The van der Waals surface area contributed by atoms with Crippen molar-refractivity contribution in [3.05, 3.63) is 69.2 Å². The summed E-state index contributed by atoms with van der Waals surface area (Å²) in [5.41, 5.74) is 1.92. The van der Waals surface area contributed by atoms with E-state index in [0.717, 1.165) is 5.69 Å². The molecule has 0 fully saturated rings. The molecule has 0 aliphatic rings. The molecule has 0 saturated heterocycles. The van der Waals surface area contributed by atoms with Crippen LogP contribution in [0.4, 0.5) is 0 Å². The number of ether oxygens (including phenoxy) is 1. The Balaban J connectivity index is 1.84. The fourth-order valence-electron chi connectivity index (χ4n) is 2.49. The molecule has 0 aliphatic heterocycles. The summed E-state index contributed by atoms with van der Waals surface area (Å²) in [6.07, 6.45) is 0. The van der Waals surface area contributed by atoms with Gasteiger partial charge in [-0.3, -0.25) is 9.20 Å². The molecule has 0 saturated carbocycles. The Labute approximate surface area is 132 Å². The first-order valence-corrected chi connectivity index (χ1v) is 7.18. The average molecular weight is 312 g/mol. The molecule has 6 heteroatoms. The van der Waals surface area contributed by atoms with Crippen LogP contribution in [0.1, 0.15) is 33.3 Å². The van der Waals surface area contributed by atoms with E-state index in [1.165, 1.54) is 10.5 Å². The number of fused-ring (bicyclic) bond motifs is 1. The number of carbonyl (C=O) groups excluding carboxylic acids is 1. The minimum atomic E-state index is -0.495. The predicted octanol–water partition coefficient (Wildman–Crippen LogP) is 2.57. The lowest BCUT2D eigenvalue weighted by Gasteiger charge is -2.07. The minimum absolute atomic E-state index is 0.0673. The van der Waals surface area contributed by atoms with Gasteiger partial charge in [-0.1, -0.05) is 6.07 Å². The topological polar surface area (TPSA) is 73.8 Å². The molecule has 0 unspecified atom stereocenters. The third kappa shape index (κ3) is 2.88. The molecular weight excluding hydrogens is 296 g/mol. The zero-order chi connectivity index (χ0) is 16.6. The van der Waals surface area contributed by atoms with Crippen LogP contribution in [-0.4, -0.2) is 15.4 Å². The van der Waals surface area contributed by atoms with Crippen molar-refractivity contribution in [3.8, 4) is 0 Å². The number of aryl methyl sites for hydroxylation is 3. The number of rotatable bonds is 3. The van der Waals surface area contributed by atoms with E-state index < -0.39 is 5.97 Å². The maximum absolute atomic E-state index is 12.2. The van der Waals surface area contributed by atoms with E-state index in [4.69, 9.17) is 9.15 Å². The zero-order valence-corrected chi connectivity index (χ0v) is 13.1. The Morgan fingerprint density at radius 3 is 2.74 bits per heavy atom. The van der Waals surface area contributed by atoms with E-state index in [2.05, 4.69) is 4.98 Å². The van der Waals surface area contributed by atoms with Crippen LogP contribution in [0.25, 0.3) is 5.65 Å². The van der Waals surface area contributed by atoms with Gasteiger partial charge in [0.15, 0.2) is 0 Å². The summed E-state index contributed by atoms with van der Waals surface area (Å²) in [5.74, 6) is 0.659. The van der Waals surface area contributed by atoms with Gasteiger partial charge in [0.1, 0.15) is 29.3 Å². The molecule has 118 valence electrons. The third-order valence-corrected chi connectivity index (χ3v) is 3.55. The first kappa shape index (κ1) is 15.0. The van der Waals surface area contributed by atoms with Gasteiger partial charge in [-0.05, 0) is 39.0 Å². The molecule has 23 heavy (non-hydrogen) atoms. The second-order valence-electron chi connectivity index (χ2n) is 5.35. The van der Waals surface area contributed by atoms with E-state index in [1.807, 2.05) is 19.1 Å². The van der Waals surface area contributed by atoms with Crippen LogP contribution in [0, 0.1) is 20.8 Å². The Kier molecular flexibility index (Phi) is 3.73. The molecule has 0 spiro atoms. The van der Waals surface area contributed by atoms with E-state index in [9.17, 15) is 9.59 Å². The molecule has 0 N–H and O–H groups in total. The molecule has 0 aromatic carbocycles. The summed E-state index contributed by atoms with van der Waals surface area (Å²) in [6.45, 7) is 5.23. The Morgan fingerprint density at radius 1 is 1.26 bits per heavy atom. The van der Waals surface area contributed by atoms with Gasteiger partial charge in [-0.15, -0.1) is 0 Å². The highest BCUT2D eigenvalue weighted by Gasteiger charge is 2.15. The summed E-state index contributed by atoms with van der Waals surface area (Å²) in [7, 11) is 0. The van der Waals surface area contributed by atoms with Gasteiger partial charge in [-0.2, -0.15) is 0 Å². The fourth-order valence-corrected chi connectivity index (χ4v) is 2.49. The number of esters is 1. The molecular formula is C17H16N2O4. The fraction of sp³-hybridized carbons (Fsp3) is 0.235. The monoisotopic (exact) mass is 312 g/mol. The standard InChI is InChI=1S/C17H16N2O4/c1-10-5-4-6-15-18-13(8-16(20)19(10)15)9-22-17(21)14-7-11(2)23-12(14)3/h4-8H,9H2,1-3H3. The van der Waals surface area contributed by atoms with Crippen LogP contribution in [-0.2, 0) is 11.3 Å². The minimum Gasteiger partial charge on any atom is -0.466 e. The Hall–Kier alpha value is -2.89. The van der Waals surface area contributed by atoms with E-state index in [-0.39, 0.29) is 12.2 Å². The number of hydrogen-bond acceptors (Lipinski definition) is 5. The number of furan rings is 1. The highest BCUT2D eigenvalue weighted by Crippen LogP contribution is 2.15. The molecule has 0 amide bonds. The van der Waals surface area contributed by atoms with Gasteiger partial charge < -0.3 is 9.15 Å². The van der Waals surface area contributed by atoms with Gasteiger partial charge >= 0.3 is 5.97 Å². The van der Waals surface area contributed by atoms with Gasteiger partial charge in [0.05, 0.1) is 5.69 Å². The lowest BCUT2D eigenvalue weighted by Crippen LogP contribution is -2.18. The Bertz CT molecular complexity index is 953. The number of nitrogens with zero attached hydrogens (tertiary/aromatic N) is 2. The molecule has 0 radical (unpaired) electrons. The molecule has 0 aliphatic carbocycles. The second kappa shape index (κ2) is 5.72. The van der Waals surface area contributed by atoms with Crippen molar-refractivity contribution in [2.24, 2.45) is 0 Å². The lowest BCUT2D eigenvalue weighted by atomic mass is 10.2. The number of aromatic nitrogens is 2. The normalized spacial score (nSPS) is 10.9. The molecule has 3 aromatic rings. The van der Waals surface area contributed by atoms with Crippen LogP contribution < -0.4 is 5.56 Å². The highest BCUT2D eigenvalue weighted by molar-refractivity contribution is 5.90. The number of carbonyl (C=O) groups is 1. The average Bonchev–Trinajstić information content (AvgIpc) is 2.83. The Morgan fingerprint density at radius 2 is 2.04 bits per heavy atom. The summed E-state index contributed by atoms with van der Waals surface area (Å²) in [6, 6.07) is 8.40. The first-order chi connectivity index (χ1) is 11.0. The van der Waals surface area contributed by atoms with Crippen molar-refractivity contribution >= 4 is 11.6 Å². The molecule has 3 aromatic heterocycles. The van der Waals surface area contributed by atoms with E-state index in [0.29, 0.717) is 28.4 Å². The summed E-state index contributed by atoms with van der Waals surface area (Å²) in [5, 5.41) is 0.